The molecule has 1 aromatic heterocycles. The van der Waals surface area contributed by atoms with E-state index in [9.17, 15) is 4.79 Å². The largest absolute Gasteiger partial charge is 0.289 e. The van der Waals surface area contributed by atoms with E-state index in [4.69, 9.17) is 23.2 Å². The van der Waals surface area contributed by atoms with Crippen molar-refractivity contribution >= 4 is 56.3 Å². The van der Waals surface area contributed by atoms with Gasteiger partial charge in [-0.1, -0.05) is 23.2 Å². The molecule has 0 saturated carbocycles. The first-order valence-electron chi connectivity index (χ1n) is 4.74. The van der Waals surface area contributed by atoms with Gasteiger partial charge in [-0.25, -0.2) is 0 Å². The zero-order chi connectivity index (χ0) is 12.6. The molecule has 88 valence electrons. The van der Waals surface area contributed by atoms with Crippen LogP contribution < -0.4 is 0 Å². The minimum atomic E-state index is -0.0612. The molecule has 0 spiro atoms. The molecule has 0 aliphatic rings. The summed E-state index contributed by atoms with van der Waals surface area (Å²) >= 11 is 16.7. The topological polar surface area (TPSA) is 17.1 Å². The molecule has 0 N–H and O–H groups in total. The van der Waals surface area contributed by atoms with Crippen molar-refractivity contribution in [2.24, 2.45) is 0 Å². The van der Waals surface area contributed by atoms with Gasteiger partial charge in [0.25, 0.3) is 0 Å². The summed E-state index contributed by atoms with van der Waals surface area (Å²) in [6.45, 7) is 1.91. The van der Waals surface area contributed by atoms with Crippen LogP contribution in [-0.2, 0) is 0 Å². The first-order chi connectivity index (χ1) is 7.97. The Morgan fingerprint density at radius 2 is 1.76 bits per heavy atom. The van der Waals surface area contributed by atoms with Gasteiger partial charge in [0.2, 0.25) is 0 Å². The van der Waals surface area contributed by atoms with Crippen molar-refractivity contribution in [2.45, 2.75) is 6.92 Å². The molecule has 0 bridgehead atoms. The van der Waals surface area contributed by atoms with Crippen LogP contribution >= 0.6 is 50.5 Å². The van der Waals surface area contributed by atoms with E-state index in [1.807, 2.05) is 13.0 Å². The Morgan fingerprint density at radius 3 is 2.24 bits per heavy atom. The summed E-state index contributed by atoms with van der Waals surface area (Å²) in [5, 5.41) is 0.931. The summed E-state index contributed by atoms with van der Waals surface area (Å²) in [7, 11) is 0. The van der Waals surface area contributed by atoms with Crippen molar-refractivity contribution in [1.29, 1.82) is 0 Å². The minimum Gasteiger partial charge on any atom is -0.289 e. The number of aryl methyl sites for hydroxylation is 1. The van der Waals surface area contributed by atoms with Crippen molar-refractivity contribution in [3.63, 3.8) is 0 Å². The maximum atomic E-state index is 12.3. The third kappa shape index (κ3) is 2.91. The monoisotopic (exact) mass is 348 g/mol. The summed E-state index contributed by atoms with van der Waals surface area (Å²) in [6.07, 6.45) is 0. The van der Waals surface area contributed by atoms with Crippen molar-refractivity contribution in [2.75, 3.05) is 0 Å². The highest BCUT2D eigenvalue weighted by Gasteiger charge is 2.15. The minimum absolute atomic E-state index is 0.0612. The summed E-state index contributed by atoms with van der Waals surface area (Å²) < 4.78 is 0.937. The third-order valence-corrected chi connectivity index (χ3v) is 4.25. The molecular weight excluding hydrogens is 343 g/mol. The molecule has 0 aliphatic heterocycles. The molecule has 0 saturated heterocycles. The molecule has 0 unspecified atom stereocenters. The lowest BCUT2D eigenvalue weighted by Crippen LogP contribution is -2.01. The van der Waals surface area contributed by atoms with Crippen LogP contribution in [-0.4, -0.2) is 5.78 Å². The molecule has 2 aromatic rings. The van der Waals surface area contributed by atoms with Crippen LogP contribution in [0, 0.1) is 6.92 Å². The lowest BCUT2D eigenvalue weighted by molar-refractivity contribution is 0.103. The van der Waals surface area contributed by atoms with E-state index in [1.54, 1.807) is 18.2 Å². The highest BCUT2D eigenvalue weighted by molar-refractivity contribution is 9.11. The standard InChI is InChI=1S/C12H7BrCl2OS/c1-6-10(5-11(13)17-6)12(16)7-2-8(14)4-9(15)3-7/h2-5H,1H3. The number of benzene rings is 1. The Balaban J connectivity index is 2.47. The molecule has 1 nitrogen and oxygen atoms in total. The maximum Gasteiger partial charge on any atom is 0.194 e. The van der Waals surface area contributed by atoms with Gasteiger partial charge in [-0.2, -0.15) is 0 Å². The van der Waals surface area contributed by atoms with Gasteiger partial charge < -0.3 is 0 Å². The molecule has 0 radical (unpaired) electrons. The highest BCUT2D eigenvalue weighted by atomic mass is 79.9. The molecule has 1 aromatic carbocycles. The molecular formula is C12H7BrCl2OS. The van der Waals surface area contributed by atoms with Gasteiger partial charge in [0.1, 0.15) is 0 Å². The van der Waals surface area contributed by atoms with E-state index in [-0.39, 0.29) is 5.78 Å². The van der Waals surface area contributed by atoms with Crippen molar-refractivity contribution in [1.82, 2.24) is 0 Å². The second-order valence-corrected chi connectivity index (χ2v) is 7.02. The van der Waals surface area contributed by atoms with Gasteiger partial charge in [-0.15, -0.1) is 11.3 Å². The lowest BCUT2D eigenvalue weighted by Gasteiger charge is -2.02. The number of ketones is 1. The van der Waals surface area contributed by atoms with Gasteiger partial charge >= 0.3 is 0 Å². The normalized spacial score (nSPS) is 10.6. The first-order valence-corrected chi connectivity index (χ1v) is 7.10. The van der Waals surface area contributed by atoms with E-state index in [0.29, 0.717) is 21.2 Å². The number of carbonyl (C=O) groups is 1. The van der Waals surface area contributed by atoms with E-state index < -0.39 is 0 Å². The Bertz CT molecular complexity index is 572. The quantitative estimate of drug-likeness (QED) is 0.667. The zero-order valence-corrected chi connectivity index (χ0v) is 12.7. The Kier molecular flexibility index (Phi) is 3.93. The molecule has 1 heterocycles. The maximum absolute atomic E-state index is 12.3. The van der Waals surface area contributed by atoms with Crippen molar-refractivity contribution < 1.29 is 4.79 Å². The van der Waals surface area contributed by atoms with Gasteiger partial charge in [-0.05, 0) is 47.1 Å². The van der Waals surface area contributed by atoms with Gasteiger partial charge in [-0.3, -0.25) is 4.79 Å². The fraction of sp³-hybridized carbons (Fsp3) is 0.0833. The second kappa shape index (κ2) is 5.11. The summed E-state index contributed by atoms with van der Waals surface area (Å²) in [6, 6.07) is 6.68. The smallest absolute Gasteiger partial charge is 0.194 e. The number of hydrogen-bond donors (Lipinski definition) is 0. The number of rotatable bonds is 2. The van der Waals surface area contributed by atoms with Crippen molar-refractivity contribution in [3.8, 4) is 0 Å². The first kappa shape index (κ1) is 13.1. The molecule has 17 heavy (non-hydrogen) atoms. The lowest BCUT2D eigenvalue weighted by atomic mass is 10.0. The molecule has 0 fully saturated rings. The summed E-state index contributed by atoms with van der Waals surface area (Å²) in [5.74, 6) is -0.0612. The van der Waals surface area contributed by atoms with Gasteiger partial charge in [0.15, 0.2) is 5.78 Å². The van der Waals surface area contributed by atoms with E-state index >= 15 is 0 Å². The van der Waals surface area contributed by atoms with Crippen LogP contribution in [0.1, 0.15) is 20.8 Å². The summed E-state index contributed by atoms with van der Waals surface area (Å²) in [4.78, 5) is 13.2. The van der Waals surface area contributed by atoms with Gasteiger partial charge in [0, 0.05) is 26.0 Å². The number of thiophene rings is 1. The molecule has 0 aliphatic carbocycles. The number of carbonyl (C=O) groups excluding carboxylic acids is 1. The Morgan fingerprint density at radius 1 is 1.18 bits per heavy atom. The SMILES string of the molecule is Cc1sc(Br)cc1C(=O)c1cc(Cl)cc(Cl)c1. The van der Waals surface area contributed by atoms with Crippen LogP contribution in [0.2, 0.25) is 10.0 Å². The predicted octanol–water partition coefficient (Wildman–Crippen LogP) is 5.36. The van der Waals surface area contributed by atoms with E-state index in [1.165, 1.54) is 11.3 Å². The Labute approximate surface area is 121 Å². The predicted molar refractivity (Wildman–Crippen MR) is 76.7 cm³/mol. The van der Waals surface area contributed by atoms with Gasteiger partial charge in [0.05, 0.1) is 3.79 Å². The third-order valence-electron chi connectivity index (χ3n) is 2.26. The van der Waals surface area contributed by atoms with Crippen LogP contribution in [0.3, 0.4) is 0 Å². The molecule has 5 heteroatoms. The number of halogens is 3. The Hall–Kier alpha value is -0.350. The van der Waals surface area contributed by atoms with E-state index in [0.717, 1.165) is 8.66 Å². The fourth-order valence-corrected chi connectivity index (χ4v) is 3.73. The molecule has 2 rings (SSSR count). The average molecular weight is 350 g/mol. The molecule has 0 amide bonds. The van der Waals surface area contributed by atoms with Crippen LogP contribution in [0.15, 0.2) is 28.1 Å². The molecule has 0 atom stereocenters. The average Bonchev–Trinajstić information content (AvgIpc) is 2.55. The van der Waals surface area contributed by atoms with Crippen LogP contribution in [0.5, 0.6) is 0 Å². The number of hydrogen-bond acceptors (Lipinski definition) is 2. The summed E-state index contributed by atoms with van der Waals surface area (Å²) in [5.41, 5.74) is 1.19. The van der Waals surface area contributed by atoms with Crippen molar-refractivity contribution in [3.05, 3.63) is 54.1 Å². The van der Waals surface area contributed by atoms with Crippen LogP contribution in [0.25, 0.3) is 0 Å². The fourth-order valence-electron chi connectivity index (χ4n) is 1.51. The second-order valence-electron chi connectivity index (χ2n) is 3.51. The highest BCUT2D eigenvalue weighted by Crippen LogP contribution is 2.29. The zero-order valence-electron chi connectivity index (χ0n) is 8.76. The van der Waals surface area contributed by atoms with E-state index in [2.05, 4.69) is 15.9 Å². The van der Waals surface area contributed by atoms with Crippen LogP contribution in [0.4, 0.5) is 0 Å².